The number of rotatable bonds is 4. The van der Waals surface area contributed by atoms with Crippen LogP contribution < -0.4 is 0 Å². The summed E-state index contributed by atoms with van der Waals surface area (Å²) in [6, 6.07) is 7.63. The van der Waals surface area contributed by atoms with Crippen molar-refractivity contribution in [2.45, 2.75) is 27.2 Å². The number of benzene rings is 1. The molecular weight excluding hydrogens is 388 g/mol. The molecule has 0 N–H and O–H groups in total. The van der Waals surface area contributed by atoms with Gasteiger partial charge in [-0.05, 0) is 37.6 Å². The number of carbonyl (C=O) groups is 1. The molecule has 152 valence electrons. The highest BCUT2D eigenvalue weighted by molar-refractivity contribution is 6.30. The fourth-order valence-electron chi connectivity index (χ4n) is 3.82. The lowest BCUT2D eigenvalue weighted by Crippen LogP contribution is -2.48. The third kappa shape index (κ3) is 3.60. The zero-order chi connectivity index (χ0) is 20.5. The van der Waals surface area contributed by atoms with Crippen LogP contribution in [0.5, 0.6) is 0 Å². The number of aryl methyl sites for hydroxylation is 2. The van der Waals surface area contributed by atoms with E-state index in [1.807, 2.05) is 36.1 Å². The summed E-state index contributed by atoms with van der Waals surface area (Å²) in [5.74, 6) is -0.0748. The second-order valence-electron chi connectivity index (χ2n) is 7.28. The van der Waals surface area contributed by atoms with Gasteiger partial charge in [0.05, 0.1) is 17.0 Å². The molecule has 0 saturated carbocycles. The van der Waals surface area contributed by atoms with Gasteiger partial charge in [-0.1, -0.05) is 37.6 Å². The van der Waals surface area contributed by atoms with Gasteiger partial charge in [0.25, 0.3) is 5.91 Å². The number of hydrogen-bond donors (Lipinski definition) is 0. The van der Waals surface area contributed by atoms with Crippen LogP contribution in [-0.2, 0) is 6.42 Å². The van der Waals surface area contributed by atoms with Crippen LogP contribution in [0.4, 0.5) is 0 Å². The molecule has 0 unspecified atom stereocenters. The summed E-state index contributed by atoms with van der Waals surface area (Å²) < 4.78 is 1.76. The minimum atomic E-state index is -0.0748. The second kappa shape index (κ2) is 8.08. The Bertz CT molecular complexity index is 1040. The van der Waals surface area contributed by atoms with Crippen LogP contribution in [0.15, 0.2) is 24.3 Å². The van der Waals surface area contributed by atoms with E-state index in [1.165, 1.54) is 0 Å². The summed E-state index contributed by atoms with van der Waals surface area (Å²) in [6.07, 6.45) is 0.753. The van der Waals surface area contributed by atoms with Crippen LogP contribution in [0.25, 0.3) is 16.8 Å². The first kappa shape index (κ1) is 19.8. The normalized spacial score (nSPS) is 15.2. The molecule has 0 radical (unpaired) electrons. The molecule has 0 atom stereocenters. The van der Waals surface area contributed by atoms with Crippen molar-refractivity contribution in [1.82, 2.24) is 29.6 Å². The van der Waals surface area contributed by atoms with Gasteiger partial charge in [0.1, 0.15) is 0 Å². The van der Waals surface area contributed by atoms with Gasteiger partial charge in [-0.15, -0.1) is 10.2 Å². The Kier molecular flexibility index (Phi) is 5.52. The summed E-state index contributed by atoms with van der Waals surface area (Å²) >= 11 is 6.04. The van der Waals surface area contributed by atoms with E-state index in [4.69, 9.17) is 16.7 Å². The topological polar surface area (TPSA) is 66.6 Å². The molecule has 0 aliphatic carbocycles. The van der Waals surface area contributed by atoms with Crippen molar-refractivity contribution in [2.24, 2.45) is 0 Å². The van der Waals surface area contributed by atoms with Crippen molar-refractivity contribution in [1.29, 1.82) is 0 Å². The van der Waals surface area contributed by atoms with Gasteiger partial charge in [0, 0.05) is 31.2 Å². The van der Waals surface area contributed by atoms with Crippen molar-refractivity contribution in [3.8, 4) is 11.1 Å². The highest BCUT2D eigenvalue weighted by Gasteiger charge is 2.26. The largest absolute Gasteiger partial charge is 0.335 e. The Labute approximate surface area is 175 Å². The average molecular weight is 413 g/mol. The number of hydrogen-bond acceptors (Lipinski definition) is 5. The summed E-state index contributed by atoms with van der Waals surface area (Å²) in [7, 11) is 0. The Morgan fingerprint density at radius 1 is 1.07 bits per heavy atom. The molecule has 1 aliphatic rings. The van der Waals surface area contributed by atoms with Crippen LogP contribution in [0.1, 0.15) is 35.7 Å². The zero-order valence-corrected chi connectivity index (χ0v) is 17.8. The maximum atomic E-state index is 13.1. The van der Waals surface area contributed by atoms with Crippen LogP contribution >= 0.6 is 11.6 Å². The Hall–Kier alpha value is -2.51. The maximum Gasteiger partial charge on any atom is 0.276 e. The van der Waals surface area contributed by atoms with Crippen molar-refractivity contribution < 1.29 is 4.79 Å². The van der Waals surface area contributed by atoms with Crippen molar-refractivity contribution in [3.63, 3.8) is 0 Å². The number of fused-ring (bicyclic) bond motifs is 1. The van der Waals surface area contributed by atoms with Gasteiger partial charge in [0.2, 0.25) is 0 Å². The minimum absolute atomic E-state index is 0.0748. The number of aromatic nitrogens is 4. The molecule has 1 aliphatic heterocycles. The number of carbonyl (C=O) groups excluding carboxylic acids is 1. The highest BCUT2D eigenvalue weighted by atomic mass is 35.5. The predicted molar refractivity (Wildman–Crippen MR) is 113 cm³/mol. The molecule has 2 aromatic heterocycles. The number of amides is 1. The summed E-state index contributed by atoms with van der Waals surface area (Å²) in [5.41, 5.74) is 4.60. The van der Waals surface area contributed by atoms with Crippen LogP contribution in [0.3, 0.4) is 0 Å². The van der Waals surface area contributed by atoms with E-state index in [2.05, 4.69) is 28.9 Å². The Balaban J connectivity index is 1.73. The molecule has 7 nitrogen and oxygen atoms in total. The SMILES string of the molecule is CCc1nn2c(C)c(C(=O)N3CCN(CC)CC3)nnc2c1-c1ccc(Cl)cc1. The van der Waals surface area contributed by atoms with E-state index in [0.717, 1.165) is 42.9 Å². The molecule has 1 aromatic carbocycles. The monoisotopic (exact) mass is 412 g/mol. The van der Waals surface area contributed by atoms with Gasteiger partial charge < -0.3 is 9.80 Å². The van der Waals surface area contributed by atoms with E-state index < -0.39 is 0 Å². The fourth-order valence-corrected chi connectivity index (χ4v) is 3.95. The standard InChI is InChI=1S/C21H25ClN6O/c1-4-17-18(15-6-8-16(22)9-7-15)20-24-23-19(14(3)28(20)25-17)21(29)27-12-10-26(5-2)11-13-27/h6-9H,4-5,10-13H2,1-3H3. The van der Waals surface area contributed by atoms with Gasteiger partial charge in [-0.3, -0.25) is 4.79 Å². The lowest BCUT2D eigenvalue weighted by molar-refractivity contribution is 0.0634. The summed E-state index contributed by atoms with van der Waals surface area (Å²) in [6.45, 7) is 10.3. The molecule has 0 spiro atoms. The highest BCUT2D eigenvalue weighted by Crippen LogP contribution is 2.29. The van der Waals surface area contributed by atoms with Crippen LogP contribution in [0.2, 0.25) is 5.02 Å². The molecule has 3 heterocycles. The predicted octanol–water partition coefficient (Wildman–Crippen LogP) is 3.09. The van der Waals surface area contributed by atoms with Gasteiger partial charge in [-0.25, -0.2) is 4.52 Å². The molecule has 1 fully saturated rings. The van der Waals surface area contributed by atoms with E-state index in [1.54, 1.807) is 4.52 Å². The molecular formula is C21H25ClN6O. The van der Waals surface area contributed by atoms with E-state index in [0.29, 0.717) is 35.1 Å². The van der Waals surface area contributed by atoms with Gasteiger partial charge in [0.15, 0.2) is 11.3 Å². The van der Waals surface area contributed by atoms with E-state index in [9.17, 15) is 4.79 Å². The molecule has 1 saturated heterocycles. The minimum Gasteiger partial charge on any atom is -0.335 e. The fraction of sp³-hybridized carbons (Fsp3) is 0.429. The van der Waals surface area contributed by atoms with Crippen LogP contribution in [-0.4, -0.2) is 68.2 Å². The number of halogens is 1. The molecule has 29 heavy (non-hydrogen) atoms. The quantitative estimate of drug-likeness (QED) is 0.658. The molecule has 1 amide bonds. The number of nitrogens with zero attached hydrogens (tertiary/aromatic N) is 6. The van der Waals surface area contributed by atoms with Crippen molar-refractivity contribution in [2.75, 3.05) is 32.7 Å². The third-order valence-electron chi connectivity index (χ3n) is 5.62. The van der Waals surface area contributed by atoms with E-state index in [-0.39, 0.29) is 5.91 Å². The first-order chi connectivity index (χ1) is 14.0. The number of piperazine rings is 1. The Morgan fingerprint density at radius 3 is 2.38 bits per heavy atom. The van der Waals surface area contributed by atoms with Gasteiger partial charge >= 0.3 is 0 Å². The lowest BCUT2D eigenvalue weighted by atomic mass is 10.0. The molecule has 4 rings (SSSR count). The summed E-state index contributed by atoms with van der Waals surface area (Å²) in [5, 5.41) is 14.2. The van der Waals surface area contributed by atoms with Crippen LogP contribution in [0, 0.1) is 6.92 Å². The second-order valence-corrected chi connectivity index (χ2v) is 7.71. The van der Waals surface area contributed by atoms with Crippen molar-refractivity contribution >= 4 is 23.2 Å². The first-order valence-electron chi connectivity index (χ1n) is 10.1. The first-order valence-corrected chi connectivity index (χ1v) is 10.4. The Morgan fingerprint density at radius 2 is 1.76 bits per heavy atom. The number of likely N-dealkylation sites (N-methyl/N-ethyl adjacent to an activating group) is 1. The molecule has 3 aromatic rings. The zero-order valence-electron chi connectivity index (χ0n) is 17.0. The smallest absolute Gasteiger partial charge is 0.276 e. The average Bonchev–Trinajstić information content (AvgIpc) is 3.14. The lowest BCUT2D eigenvalue weighted by Gasteiger charge is -2.33. The third-order valence-corrected chi connectivity index (χ3v) is 5.87. The van der Waals surface area contributed by atoms with Gasteiger partial charge in [-0.2, -0.15) is 5.10 Å². The maximum absolute atomic E-state index is 13.1. The summed E-state index contributed by atoms with van der Waals surface area (Å²) in [4.78, 5) is 17.3. The molecule has 8 heteroatoms. The van der Waals surface area contributed by atoms with Crippen molar-refractivity contribution in [3.05, 3.63) is 46.4 Å². The molecule has 0 bridgehead atoms. The van der Waals surface area contributed by atoms with E-state index >= 15 is 0 Å².